The maximum absolute atomic E-state index is 12.5. The summed E-state index contributed by atoms with van der Waals surface area (Å²) in [6.45, 7) is 7.35. The third kappa shape index (κ3) is 3.27. The largest absolute Gasteiger partial charge is 0.454 e. The third-order valence-electron chi connectivity index (χ3n) is 5.05. The molecular weight excluding hydrogens is 330 g/mol. The number of urea groups is 1. The van der Waals surface area contributed by atoms with Crippen molar-refractivity contribution in [2.75, 3.05) is 43.2 Å². The number of rotatable bonds is 2. The maximum Gasteiger partial charge on any atom is 0.321 e. The number of nitrogens with one attached hydrogen (secondary N) is 1. The second-order valence-corrected chi connectivity index (χ2v) is 6.74. The fraction of sp³-hybridized carbons (Fsp3) is 0.350. The van der Waals surface area contributed by atoms with Crippen LogP contribution in [0.25, 0.3) is 0 Å². The number of hydrogen-bond acceptors (Lipinski definition) is 4. The highest BCUT2D eigenvalue weighted by molar-refractivity contribution is 5.89. The molecule has 4 rings (SSSR count). The molecule has 2 aromatic carbocycles. The Morgan fingerprint density at radius 2 is 1.69 bits per heavy atom. The van der Waals surface area contributed by atoms with E-state index in [1.54, 1.807) is 0 Å². The summed E-state index contributed by atoms with van der Waals surface area (Å²) in [7, 11) is 0. The number of fused-ring (bicyclic) bond motifs is 1. The molecule has 6 nitrogen and oxygen atoms in total. The minimum Gasteiger partial charge on any atom is -0.454 e. The topological polar surface area (TPSA) is 54.0 Å². The molecule has 0 aromatic heterocycles. The van der Waals surface area contributed by atoms with Crippen molar-refractivity contribution in [3.05, 3.63) is 47.5 Å². The number of ether oxygens (including phenoxy) is 2. The Kier molecular flexibility index (Phi) is 4.32. The molecule has 2 amide bonds. The van der Waals surface area contributed by atoms with Crippen LogP contribution in [0, 0.1) is 13.8 Å². The van der Waals surface area contributed by atoms with Crippen molar-refractivity contribution in [2.45, 2.75) is 13.8 Å². The number of anilines is 2. The molecule has 1 saturated heterocycles. The Balaban J connectivity index is 1.35. The van der Waals surface area contributed by atoms with Crippen LogP contribution in [0.15, 0.2) is 36.4 Å². The number of benzene rings is 2. The van der Waals surface area contributed by atoms with Crippen LogP contribution < -0.4 is 19.7 Å². The van der Waals surface area contributed by atoms with Gasteiger partial charge in [-0.1, -0.05) is 6.07 Å². The molecule has 6 heteroatoms. The Bertz CT molecular complexity index is 829. The summed E-state index contributed by atoms with van der Waals surface area (Å²) in [5, 5.41) is 3.00. The van der Waals surface area contributed by atoms with E-state index in [9.17, 15) is 4.79 Å². The van der Waals surface area contributed by atoms with Gasteiger partial charge < -0.3 is 24.6 Å². The van der Waals surface area contributed by atoms with E-state index >= 15 is 0 Å². The standard InChI is InChI=1S/C20H23N3O3/c1-14-3-4-16(11-15(14)2)21-20(24)23-9-7-22(8-10-23)17-5-6-18-19(12-17)26-13-25-18/h3-6,11-12H,7-10,13H2,1-2H3,(H,21,24). The quantitative estimate of drug-likeness (QED) is 0.899. The normalized spacial score (nSPS) is 15.9. The van der Waals surface area contributed by atoms with E-state index < -0.39 is 0 Å². The van der Waals surface area contributed by atoms with Crippen molar-refractivity contribution in [1.29, 1.82) is 0 Å². The number of hydrogen-bond donors (Lipinski definition) is 1. The van der Waals surface area contributed by atoms with Crippen LogP contribution in [0.1, 0.15) is 11.1 Å². The highest BCUT2D eigenvalue weighted by atomic mass is 16.7. The van der Waals surface area contributed by atoms with E-state index in [1.807, 2.05) is 41.3 Å². The fourth-order valence-electron chi connectivity index (χ4n) is 3.27. The zero-order valence-corrected chi connectivity index (χ0v) is 15.1. The number of carbonyl (C=O) groups excluding carboxylic acids is 1. The second-order valence-electron chi connectivity index (χ2n) is 6.74. The number of carbonyl (C=O) groups is 1. The van der Waals surface area contributed by atoms with Gasteiger partial charge in [-0.3, -0.25) is 0 Å². The molecule has 1 fully saturated rings. The molecule has 0 aliphatic carbocycles. The molecule has 2 aliphatic rings. The van der Waals surface area contributed by atoms with Crippen molar-refractivity contribution in [2.24, 2.45) is 0 Å². The van der Waals surface area contributed by atoms with Gasteiger partial charge in [0.2, 0.25) is 6.79 Å². The maximum atomic E-state index is 12.5. The summed E-state index contributed by atoms with van der Waals surface area (Å²) in [5.41, 5.74) is 4.34. The van der Waals surface area contributed by atoms with Crippen molar-refractivity contribution in [3.8, 4) is 11.5 Å². The van der Waals surface area contributed by atoms with Crippen LogP contribution in [0.4, 0.5) is 16.2 Å². The van der Waals surface area contributed by atoms with Gasteiger partial charge in [0.1, 0.15) is 0 Å². The van der Waals surface area contributed by atoms with Gasteiger partial charge in [-0.05, 0) is 49.2 Å². The fourth-order valence-corrected chi connectivity index (χ4v) is 3.27. The molecule has 2 heterocycles. The molecule has 26 heavy (non-hydrogen) atoms. The predicted molar refractivity (Wildman–Crippen MR) is 101 cm³/mol. The molecule has 2 aliphatic heterocycles. The van der Waals surface area contributed by atoms with Crippen LogP contribution in [0.3, 0.4) is 0 Å². The monoisotopic (exact) mass is 353 g/mol. The lowest BCUT2D eigenvalue weighted by atomic mass is 10.1. The lowest BCUT2D eigenvalue weighted by Crippen LogP contribution is -2.50. The predicted octanol–water partition coefficient (Wildman–Crippen LogP) is 3.39. The molecular formula is C20H23N3O3. The van der Waals surface area contributed by atoms with Gasteiger partial charge in [0.05, 0.1) is 0 Å². The molecule has 0 saturated carbocycles. The van der Waals surface area contributed by atoms with E-state index in [2.05, 4.69) is 24.1 Å². The van der Waals surface area contributed by atoms with Crippen molar-refractivity contribution in [3.63, 3.8) is 0 Å². The van der Waals surface area contributed by atoms with E-state index in [4.69, 9.17) is 9.47 Å². The first kappa shape index (κ1) is 16.6. The Morgan fingerprint density at radius 1 is 0.923 bits per heavy atom. The Morgan fingerprint density at radius 3 is 2.46 bits per heavy atom. The smallest absolute Gasteiger partial charge is 0.321 e. The first-order valence-electron chi connectivity index (χ1n) is 8.88. The minimum absolute atomic E-state index is 0.0430. The van der Waals surface area contributed by atoms with Gasteiger partial charge in [-0.15, -0.1) is 0 Å². The van der Waals surface area contributed by atoms with Crippen molar-refractivity contribution in [1.82, 2.24) is 4.90 Å². The molecule has 0 atom stereocenters. The molecule has 0 bridgehead atoms. The Hall–Kier alpha value is -2.89. The zero-order valence-electron chi connectivity index (χ0n) is 15.1. The van der Waals surface area contributed by atoms with Crippen LogP contribution >= 0.6 is 0 Å². The van der Waals surface area contributed by atoms with Gasteiger partial charge in [0, 0.05) is 43.6 Å². The summed E-state index contributed by atoms with van der Waals surface area (Å²) >= 11 is 0. The highest BCUT2D eigenvalue weighted by Gasteiger charge is 2.23. The SMILES string of the molecule is Cc1ccc(NC(=O)N2CCN(c3ccc4c(c3)OCO4)CC2)cc1C. The van der Waals surface area contributed by atoms with Crippen LogP contribution in [-0.2, 0) is 0 Å². The molecule has 0 spiro atoms. The summed E-state index contributed by atoms with van der Waals surface area (Å²) in [6.07, 6.45) is 0. The van der Waals surface area contributed by atoms with E-state index in [0.717, 1.165) is 36.0 Å². The number of aryl methyl sites for hydroxylation is 2. The van der Waals surface area contributed by atoms with Crippen LogP contribution in [0.2, 0.25) is 0 Å². The molecule has 0 radical (unpaired) electrons. The summed E-state index contributed by atoms with van der Waals surface area (Å²) in [5.74, 6) is 1.58. The lowest BCUT2D eigenvalue weighted by molar-refractivity contribution is 0.174. The van der Waals surface area contributed by atoms with Crippen LogP contribution in [0.5, 0.6) is 11.5 Å². The van der Waals surface area contributed by atoms with Gasteiger partial charge in [0.15, 0.2) is 11.5 Å². The number of nitrogens with zero attached hydrogens (tertiary/aromatic N) is 2. The first-order valence-corrected chi connectivity index (χ1v) is 8.88. The van der Waals surface area contributed by atoms with Gasteiger partial charge in [0.25, 0.3) is 0 Å². The van der Waals surface area contributed by atoms with Gasteiger partial charge >= 0.3 is 6.03 Å². The van der Waals surface area contributed by atoms with Crippen LogP contribution in [-0.4, -0.2) is 43.9 Å². The zero-order chi connectivity index (χ0) is 18.1. The van der Waals surface area contributed by atoms with E-state index in [-0.39, 0.29) is 12.8 Å². The second kappa shape index (κ2) is 6.78. The molecule has 136 valence electrons. The van der Waals surface area contributed by atoms with E-state index in [0.29, 0.717) is 13.1 Å². The average molecular weight is 353 g/mol. The summed E-state index contributed by atoms with van der Waals surface area (Å²) in [6, 6.07) is 11.9. The number of amides is 2. The molecule has 2 aromatic rings. The Labute approximate surface area is 153 Å². The van der Waals surface area contributed by atoms with E-state index in [1.165, 1.54) is 11.1 Å². The first-order chi connectivity index (χ1) is 12.6. The van der Waals surface area contributed by atoms with Gasteiger partial charge in [-0.2, -0.15) is 0 Å². The van der Waals surface area contributed by atoms with Crippen molar-refractivity contribution >= 4 is 17.4 Å². The third-order valence-corrected chi connectivity index (χ3v) is 5.05. The number of piperazine rings is 1. The van der Waals surface area contributed by atoms with Gasteiger partial charge in [-0.25, -0.2) is 4.79 Å². The average Bonchev–Trinajstić information content (AvgIpc) is 3.12. The summed E-state index contributed by atoms with van der Waals surface area (Å²) in [4.78, 5) is 16.6. The summed E-state index contributed by atoms with van der Waals surface area (Å²) < 4.78 is 10.8. The highest BCUT2D eigenvalue weighted by Crippen LogP contribution is 2.35. The lowest BCUT2D eigenvalue weighted by Gasteiger charge is -2.36. The van der Waals surface area contributed by atoms with Crippen molar-refractivity contribution < 1.29 is 14.3 Å². The minimum atomic E-state index is -0.0430. The molecule has 1 N–H and O–H groups in total. The molecule has 0 unspecified atom stereocenters.